The van der Waals surface area contributed by atoms with Crippen LogP contribution in [0.2, 0.25) is 5.02 Å². The van der Waals surface area contributed by atoms with Gasteiger partial charge in [0.2, 0.25) is 0 Å². The van der Waals surface area contributed by atoms with Crippen LogP contribution in [-0.2, 0) is 6.42 Å². The van der Waals surface area contributed by atoms with Crippen molar-refractivity contribution in [3.63, 3.8) is 0 Å². The summed E-state index contributed by atoms with van der Waals surface area (Å²) >= 11 is 5.99. The van der Waals surface area contributed by atoms with Gasteiger partial charge in [0.15, 0.2) is 5.78 Å². The van der Waals surface area contributed by atoms with E-state index >= 15 is 0 Å². The lowest BCUT2D eigenvalue weighted by Gasteiger charge is -2.06. The summed E-state index contributed by atoms with van der Waals surface area (Å²) in [6, 6.07) is 3.84. The number of aryl methyl sites for hydroxylation is 1. The molecule has 0 N–H and O–H groups in total. The van der Waals surface area contributed by atoms with Crippen molar-refractivity contribution in [3.05, 3.63) is 33.8 Å². The number of Topliss-reactive ketones (excluding diaryl/α,β-unsaturated/α-hetero) is 1. The van der Waals surface area contributed by atoms with Gasteiger partial charge in [0, 0.05) is 10.6 Å². The predicted molar refractivity (Wildman–Crippen MR) is 55.6 cm³/mol. The van der Waals surface area contributed by atoms with Gasteiger partial charge >= 0.3 is 0 Å². The lowest BCUT2D eigenvalue weighted by Crippen LogP contribution is -1.98. The fraction of sp³-hybridized carbons (Fsp3) is 0.364. The minimum atomic E-state index is 0.0784. The SMILES string of the molecule is CCc1cc(Cl)c(C)c(C(C)=O)c1. The lowest BCUT2D eigenvalue weighted by atomic mass is 10.0. The zero-order chi connectivity index (χ0) is 10.0. The average Bonchev–Trinajstić information content (AvgIpc) is 2.09. The summed E-state index contributed by atoms with van der Waals surface area (Å²) < 4.78 is 0. The van der Waals surface area contributed by atoms with Gasteiger partial charge in [0.05, 0.1) is 0 Å². The van der Waals surface area contributed by atoms with E-state index < -0.39 is 0 Å². The van der Waals surface area contributed by atoms with Crippen LogP contribution in [-0.4, -0.2) is 5.78 Å². The van der Waals surface area contributed by atoms with Gasteiger partial charge in [0.25, 0.3) is 0 Å². The fourth-order valence-corrected chi connectivity index (χ4v) is 1.55. The molecule has 1 aromatic carbocycles. The maximum Gasteiger partial charge on any atom is 0.160 e. The molecule has 0 heterocycles. The van der Waals surface area contributed by atoms with E-state index in [4.69, 9.17) is 11.6 Å². The summed E-state index contributed by atoms with van der Waals surface area (Å²) in [6.45, 7) is 5.49. The van der Waals surface area contributed by atoms with E-state index in [0.29, 0.717) is 5.02 Å². The van der Waals surface area contributed by atoms with Crippen molar-refractivity contribution >= 4 is 17.4 Å². The Bertz CT molecular complexity index is 342. The summed E-state index contributed by atoms with van der Waals surface area (Å²) in [7, 11) is 0. The number of hydrogen-bond donors (Lipinski definition) is 0. The molecular formula is C11H13ClO. The normalized spacial score (nSPS) is 10.2. The zero-order valence-corrected chi connectivity index (χ0v) is 8.90. The summed E-state index contributed by atoms with van der Waals surface area (Å²) in [5, 5.41) is 0.685. The Hall–Kier alpha value is -0.820. The zero-order valence-electron chi connectivity index (χ0n) is 8.15. The number of rotatable bonds is 2. The van der Waals surface area contributed by atoms with E-state index in [0.717, 1.165) is 23.1 Å². The maximum absolute atomic E-state index is 11.2. The molecule has 13 heavy (non-hydrogen) atoms. The minimum absolute atomic E-state index is 0.0784. The number of hydrogen-bond acceptors (Lipinski definition) is 1. The van der Waals surface area contributed by atoms with Gasteiger partial charge in [0.1, 0.15) is 0 Å². The molecule has 1 rings (SSSR count). The van der Waals surface area contributed by atoms with Crippen molar-refractivity contribution in [2.24, 2.45) is 0 Å². The molecule has 0 amide bonds. The van der Waals surface area contributed by atoms with Gasteiger partial charge in [-0.05, 0) is 43.5 Å². The first-order valence-corrected chi connectivity index (χ1v) is 4.74. The molecule has 1 aromatic rings. The van der Waals surface area contributed by atoms with E-state index in [9.17, 15) is 4.79 Å². The Kier molecular flexibility index (Phi) is 3.10. The minimum Gasteiger partial charge on any atom is -0.295 e. The Morgan fingerprint density at radius 3 is 2.54 bits per heavy atom. The van der Waals surface area contributed by atoms with E-state index in [-0.39, 0.29) is 5.78 Å². The standard InChI is InChI=1S/C11H13ClO/c1-4-9-5-10(8(3)13)7(2)11(12)6-9/h5-6H,4H2,1-3H3. The number of carbonyl (C=O) groups excluding carboxylic acids is 1. The largest absolute Gasteiger partial charge is 0.295 e. The molecule has 1 nitrogen and oxygen atoms in total. The molecule has 0 aliphatic carbocycles. The van der Waals surface area contributed by atoms with Gasteiger partial charge in [-0.15, -0.1) is 0 Å². The van der Waals surface area contributed by atoms with Crippen LogP contribution in [0.1, 0.15) is 35.3 Å². The molecule has 0 saturated carbocycles. The molecule has 2 heteroatoms. The van der Waals surface area contributed by atoms with Crippen molar-refractivity contribution in [1.82, 2.24) is 0 Å². The molecular weight excluding hydrogens is 184 g/mol. The van der Waals surface area contributed by atoms with E-state index in [2.05, 4.69) is 0 Å². The molecule has 0 aliphatic rings. The van der Waals surface area contributed by atoms with Crippen LogP contribution in [0.5, 0.6) is 0 Å². The highest BCUT2D eigenvalue weighted by Gasteiger charge is 2.08. The number of benzene rings is 1. The molecule has 0 unspecified atom stereocenters. The van der Waals surface area contributed by atoms with Crippen molar-refractivity contribution in [2.45, 2.75) is 27.2 Å². The van der Waals surface area contributed by atoms with E-state index in [1.807, 2.05) is 26.0 Å². The Morgan fingerprint density at radius 1 is 1.46 bits per heavy atom. The molecule has 0 saturated heterocycles. The second-order valence-corrected chi connectivity index (χ2v) is 3.57. The van der Waals surface area contributed by atoms with Crippen LogP contribution in [0.3, 0.4) is 0 Å². The number of halogens is 1. The summed E-state index contributed by atoms with van der Waals surface area (Å²) in [5.74, 6) is 0.0784. The highest BCUT2D eigenvalue weighted by Crippen LogP contribution is 2.22. The molecule has 0 radical (unpaired) electrons. The third-order valence-electron chi connectivity index (χ3n) is 2.19. The van der Waals surface area contributed by atoms with Crippen LogP contribution >= 0.6 is 11.6 Å². The molecule has 70 valence electrons. The fourth-order valence-electron chi connectivity index (χ4n) is 1.30. The van der Waals surface area contributed by atoms with E-state index in [1.165, 1.54) is 0 Å². The maximum atomic E-state index is 11.2. The van der Waals surface area contributed by atoms with Gasteiger partial charge in [-0.2, -0.15) is 0 Å². The third-order valence-corrected chi connectivity index (χ3v) is 2.58. The van der Waals surface area contributed by atoms with Gasteiger partial charge in [-0.25, -0.2) is 0 Å². The van der Waals surface area contributed by atoms with Gasteiger partial charge in [-0.1, -0.05) is 18.5 Å². The van der Waals surface area contributed by atoms with Crippen LogP contribution in [0.25, 0.3) is 0 Å². The number of ketones is 1. The average molecular weight is 197 g/mol. The van der Waals surface area contributed by atoms with Crippen molar-refractivity contribution in [3.8, 4) is 0 Å². The van der Waals surface area contributed by atoms with Crippen LogP contribution in [0.4, 0.5) is 0 Å². The summed E-state index contributed by atoms with van der Waals surface area (Å²) in [6.07, 6.45) is 0.903. The topological polar surface area (TPSA) is 17.1 Å². The number of carbonyl (C=O) groups is 1. The van der Waals surface area contributed by atoms with Crippen LogP contribution in [0.15, 0.2) is 12.1 Å². The van der Waals surface area contributed by atoms with Crippen molar-refractivity contribution in [2.75, 3.05) is 0 Å². The second kappa shape index (κ2) is 3.93. The highest BCUT2D eigenvalue weighted by atomic mass is 35.5. The van der Waals surface area contributed by atoms with Gasteiger partial charge < -0.3 is 0 Å². The van der Waals surface area contributed by atoms with E-state index in [1.54, 1.807) is 6.92 Å². The van der Waals surface area contributed by atoms with Crippen LogP contribution in [0, 0.1) is 6.92 Å². The Morgan fingerprint density at radius 2 is 2.08 bits per heavy atom. The third kappa shape index (κ3) is 2.10. The molecule has 0 spiro atoms. The smallest absolute Gasteiger partial charge is 0.160 e. The second-order valence-electron chi connectivity index (χ2n) is 3.16. The first-order chi connectivity index (χ1) is 6.06. The first-order valence-electron chi connectivity index (χ1n) is 4.36. The lowest BCUT2D eigenvalue weighted by molar-refractivity contribution is 0.101. The molecule has 0 atom stereocenters. The van der Waals surface area contributed by atoms with Crippen molar-refractivity contribution in [1.29, 1.82) is 0 Å². The van der Waals surface area contributed by atoms with Gasteiger partial charge in [-0.3, -0.25) is 4.79 Å². The van der Waals surface area contributed by atoms with Crippen LogP contribution < -0.4 is 0 Å². The Balaban J connectivity index is 3.33. The monoisotopic (exact) mass is 196 g/mol. The highest BCUT2D eigenvalue weighted by molar-refractivity contribution is 6.32. The predicted octanol–water partition coefficient (Wildman–Crippen LogP) is 3.41. The first kappa shape index (κ1) is 10.3. The molecule has 0 aliphatic heterocycles. The summed E-state index contributed by atoms with van der Waals surface area (Å²) in [4.78, 5) is 11.2. The molecule has 0 bridgehead atoms. The molecule has 0 fully saturated rings. The van der Waals surface area contributed by atoms with Crippen molar-refractivity contribution < 1.29 is 4.79 Å². The molecule has 0 aromatic heterocycles. The summed E-state index contributed by atoms with van der Waals surface area (Å²) in [5.41, 5.74) is 2.73. The quantitative estimate of drug-likeness (QED) is 0.663. The Labute approximate surface area is 83.7 Å².